The van der Waals surface area contributed by atoms with Gasteiger partial charge < -0.3 is 16.2 Å². The summed E-state index contributed by atoms with van der Waals surface area (Å²) in [6.45, 7) is -0.129. The average Bonchev–Trinajstić information content (AvgIpc) is 2.72. The third-order valence-electron chi connectivity index (χ3n) is 4.32. The van der Waals surface area contributed by atoms with Gasteiger partial charge in [-0.15, -0.1) is 0 Å². The highest BCUT2D eigenvalue weighted by Gasteiger charge is 2.35. The number of aliphatic hydroxyl groups is 1. The largest absolute Gasteiger partial charge is 0.403 e. The lowest BCUT2D eigenvalue weighted by Crippen LogP contribution is -2.30. The molecule has 0 saturated heterocycles. The first kappa shape index (κ1) is 22.9. The minimum absolute atomic E-state index is 0.0579. The van der Waals surface area contributed by atoms with Crippen LogP contribution in [0.4, 0.5) is 13.2 Å². The van der Waals surface area contributed by atoms with E-state index in [9.17, 15) is 22.8 Å². The Morgan fingerprint density at radius 2 is 2.07 bits per heavy atom. The first-order valence-corrected chi connectivity index (χ1v) is 8.81. The standard InChI is InChI=1S/C20H21F3N4O3/c1-12(15-4-3-5-16(18(15)21)20(22,23)11-28)26-19(30)13-6-7-17(29)27(10-13)14(8-24)9-25-2/h3-10,12,28H,11,24H2,1-2H3,(H,26,30)/t12-/m1/s1. The molecule has 1 atom stereocenters. The molecule has 2 rings (SSSR count). The number of aromatic nitrogens is 1. The van der Waals surface area contributed by atoms with Gasteiger partial charge in [-0.2, -0.15) is 8.78 Å². The molecule has 0 unspecified atom stereocenters. The van der Waals surface area contributed by atoms with Crippen molar-refractivity contribution in [3.05, 3.63) is 75.6 Å². The van der Waals surface area contributed by atoms with Crippen molar-refractivity contribution < 1.29 is 23.1 Å². The molecular weight excluding hydrogens is 401 g/mol. The second-order valence-corrected chi connectivity index (χ2v) is 6.37. The number of amides is 1. The third kappa shape index (κ3) is 4.77. The summed E-state index contributed by atoms with van der Waals surface area (Å²) in [6, 6.07) is 4.78. The highest BCUT2D eigenvalue weighted by molar-refractivity contribution is 6.02. The average molecular weight is 422 g/mol. The SMILES string of the molecule is CN=CC(=CN)n1cc(C(=O)N[C@H](C)c2cccc(C(F)(F)CO)c2F)ccc1=O. The van der Waals surface area contributed by atoms with Crippen LogP contribution in [0.3, 0.4) is 0 Å². The minimum Gasteiger partial charge on any atom is -0.403 e. The number of nitrogens with one attached hydrogen (secondary N) is 1. The maximum Gasteiger partial charge on any atom is 0.298 e. The fourth-order valence-corrected chi connectivity index (χ4v) is 2.75. The summed E-state index contributed by atoms with van der Waals surface area (Å²) in [5, 5.41) is 11.3. The van der Waals surface area contributed by atoms with E-state index in [1.54, 1.807) is 0 Å². The van der Waals surface area contributed by atoms with E-state index >= 15 is 0 Å². The van der Waals surface area contributed by atoms with E-state index in [0.717, 1.165) is 22.9 Å². The molecule has 4 N–H and O–H groups in total. The Kier molecular flexibility index (Phi) is 7.17. The number of benzene rings is 1. The molecule has 0 aliphatic rings. The minimum atomic E-state index is -3.76. The summed E-state index contributed by atoms with van der Waals surface area (Å²) in [7, 11) is 1.48. The number of hydrogen-bond donors (Lipinski definition) is 3. The van der Waals surface area contributed by atoms with Crippen molar-refractivity contribution in [1.29, 1.82) is 0 Å². The molecule has 0 saturated carbocycles. The van der Waals surface area contributed by atoms with Crippen molar-refractivity contribution in [2.75, 3.05) is 13.7 Å². The second kappa shape index (κ2) is 9.40. The predicted molar refractivity (Wildman–Crippen MR) is 107 cm³/mol. The van der Waals surface area contributed by atoms with Gasteiger partial charge in [0.2, 0.25) is 0 Å². The van der Waals surface area contributed by atoms with Gasteiger partial charge >= 0.3 is 0 Å². The van der Waals surface area contributed by atoms with E-state index in [1.807, 2.05) is 0 Å². The first-order valence-electron chi connectivity index (χ1n) is 8.81. The molecule has 0 spiro atoms. The number of carbonyl (C=O) groups excluding carboxylic acids is 1. The van der Waals surface area contributed by atoms with Crippen LogP contribution in [0.2, 0.25) is 0 Å². The van der Waals surface area contributed by atoms with Gasteiger partial charge in [-0.05, 0) is 19.1 Å². The number of hydrogen-bond acceptors (Lipinski definition) is 5. The summed E-state index contributed by atoms with van der Waals surface area (Å²) in [4.78, 5) is 28.4. The topological polar surface area (TPSA) is 110 Å². The van der Waals surface area contributed by atoms with Gasteiger partial charge in [-0.25, -0.2) is 4.39 Å². The highest BCUT2D eigenvalue weighted by atomic mass is 19.3. The summed E-state index contributed by atoms with van der Waals surface area (Å²) < 4.78 is 43.2. The third-order valence-corrected chi connectivity index (χ3v) is 4.32. The van der Waals surface area contributed by atoms with E-state index in [0.29, 0.717) is 0 Å². The summed E-state index contributed by atoms with van der Waals surface area (Å²) in [6.07, 6.45) is 3.70. The number of pyridine rings is 1. The normalized spacial score (nSPS) is 13.5. The molecule has 10 heteroatoms. The fraction of sp³-hybridized carbons (Fsp3) is 0.250. The van der Waals surface area contributed by atoms with Gasteiger partial charge in [0.15, 0.2) is 0 Å². The summed E-state index contributed by atoms with van der Waals surface area (Å²) >= 11 is 0. The van der Waals surface area contributed by atoms with E-state index in [-0.39, 0.29) is 16.8 Å². The lowest BCUT2D eigenvalue weighted by atomic mass is 10.00. The van der Waals surface area contributed by atoms with E-state index in [2.05, 4.69) is 10.3 Å². The Labute approximate surface area is 170 Å². The number of rotatable bonds is 7. The zero-order valence-electron chi connectivity index (χ0n) is 16.3. The van der Waals surface area contributed by atoms with Crippen LogP contribution in [0.25, 0.3) is 5.70 Å². The van der Waals surface area contributed by atoms with Gasteiger partial charge in [0, 0.05) is 37.3 Å². The predicted octanol–water partition coefficient (Wildman–Crippen LogP) is 2.02. The van der Waals surface area contributed by atoms with E-state index < -0.39 is 41.4 Å². The van der Waals surface area contributed by atoms with Crippen molar-refractivity contribution in [3.63, 3.8) is 0 Å². The highest BCUT2D eigenvalue weighted by Crippen LogP contribution is 2.32. The van der Waals surface area contributed by atoms with Crippen LogP contribution in [0.5, 0.6) is 0 Å². The van der Waals surface area contributed by atoms with Crippen LogP contribution in [0, 0.1) is 5.82 Å². The van der Waals surface area contributed by atoms with Crippen molar-refractivity contribution in [2.45, 2.75) is 18.9 Å². The van der Waals surface area contributed by atoms with Crippen LogP contribution in [0.1, 0.15) is 34.5 Å². The van der Waals surface area contributed by atoms with Crippen molar-refractivity contribution in [3.8, 4) is 0 Å². The number of aliphatic hydroxyl groups excluding tert-OH is 1. The molecule has 1 aromatic carbocycles. The van der Waals surface area contributed by atoms with Crippen LogP contribution in [0.15, 0.2) is 52.5 Å². The molecular formula is C20H21F3N4O3. The lowest BCUT2D eigenvalue weighted by molar-refractivity contribution is -0.0584. The van der Waals surface area contributed by atoms with Gasteiger partial charge in [-0.1, -0.05) is 12.1 Å². The molecule has 0 aliphatic carbocycles. The Hall–Kier alpha value is -3.40. The summed E-state index contributed by atoms with van der Waals surface area (Å²) in [5.41, 5.74) is 4.18. The van der Waals surface area contributed by atoms with Crippen LogP contribution >= 0.6 is 0 Å². The van der Waals surface area contributed by atoms with Gasteiger partial charge in [0.1, 0.15) is 12.4 Å². The van der Waals surface area contributed by atoms with E-state index in [4.69, 9.17) is 10.8 Å². The maximum atomic E-state index is 14.6. The number of aliphatic imine (C=N–C) groups is 1. The maximum absolute atomic E-state index is 14.6. The summed E-state index contributed by atoms with van der Waals surface area (Å²) in [5.74, 6) is -5.65. The molecule has 1 heterocycles. The molecule has 0 radical (unpaired) electrons. The number of allylic oxidation sites excluding steroid dienone is 1. The Morgan fingerprint density at radius 3 is 2.67 bits per heavy atom. The Morgan fingerprint density at radius 1 is 1.37 bits per heavy atom. The van der Waals surface area contributed by atoms with Crippen LogP contribution in [-0.4, -0.2) is 35.4 Å². The smallest absolute Gasteiger partial charge is 0.298 e. The van der Waals surface area contributed by atoms with Crippen LogP contribution in [-0.2, 0) is 5.92 Å². The van der Waals surface area contributed by atoms with Crippen molar-refractivity contribution in [2.24, 2.45) is 10.7 Å². The molecule has 7 nitrogen and oxygen atoms in total. The van der Waals surface area contributed by atoms with Crippen LogP contribution < -0.4 is 16.6 Å². The van der Waals surface area contributed by atoms with Crippen molar-refractivity contribution in [1.82, 2.24) is 9.88 Å². The number of nitrogens with zero attached hydrogens (tertiary/aromatic N) is 2. The first-order chi connectivity index (χ1) is 14.2. The van der Waals surface area contributed by atoms with Crippen molar-refractivity contribution >= 4 is 17.8 Å². The van der Waals surface area contributed by atoms with Gasteiger partial charge in [0.25, 0.3) is 17.4 Å². The number of nitrogens with two attached hydrogens (primary N) is 1. The number of carbonyl (C=O) groups is 1. The quantitative estimate of drug-likeness (QED) is 0.593. The fourth-order valence-electron chi connectivity index (χ4n) is 2.75. The molecule has 30 heavy (non-hydrogen) atoms. The molecule has 0 fully saturated rings. The molecule has 1 amide bonds. The zero-order valence-corrected chi connectivity index (χ0v) is 16.3. The molecule has 160 valence electrons. The molecule has 0 aliphatic heterocycles. The molecule has 0 bridgehead atoms. The Bertz CT molecular complexity index is 1050. The molecule has 1 aromatic heterocycles. The molecule has 2 aromatic rings. The second-order valence-electron chi connectivity index (χ2n) is 6.37. The van der Waals surface area contributed by atoms with Gasteiger partial charge in [-0.3, -0.25) is 19.1 Å². The zero-order chi connectivity index (χ0) is 22.5. The number of alkyl halides is 2. The Balaban J connectivity index is 2.33. The van der Waals surface area contributed by atoms with Gasteiger partial charge in [0.05, 0.1) is 22.9 Å². The lowest BCUT2D eigenvalue weighted by Gasteiger charge is -2.20. The monoisotopic (exact) mass is 422 g/mol. The number of halogens is 3. The van der Waals surface area contributed by atoms with E-state index in [1.165, 1.54) is 44.6 Å².